The fourth-order valence-corrected chi connectivity index (χ4v) is 1.17. The van der Waals surface area contributed by atoms with E-state index in [9.17, 15) is 4.39 Å². The Balaban J connectivity index is 3.07. The zero-order valence-corrected chi connectivity index (χ0v) is 7.17. The van der Waals surface area contributed by atoms with Gasteiger partial charge in [-0.05, 0) is 28.7 Å². The van der Waals surface area contributed by atoms with Crippen LogP contribution < -0.4 is 0 Å². The predicted octanol–water partition coefficient (Wildman–Crippen LogP) is 1.32. The molecular weight excluding hydrogens is 248 g/mol. The molecule has 0 amide bonds. The highest BCUT2D eigenvalue weighted by atomic mass is 127. The number of aliphatic hydroxyl groups excluding tert-OH is 1. The first-order valence-corrected chi connectivity index (χ1v) is 3.72. The van der Waals surface area contributed by atoms with Crippen LogP contribution in [0.1, 0.15) is 5.69 Å². The number of aliphatic hydroxyl groups is 1. The van der Waals surface area contributed by atoms with Gasteiger partial charge in [0, 0.05) is 3.57 Å². The van der Waals surface area contributed by atoms with Crippen LogP contribution in [0, 0.1) is 9.39 Å². The van der Waals surface area contributed by atoms with Gasteiger partial charge in [-0.1, -0.05) is 0 Å². The van der Waals surface area contributed by atoms with Crippen LogP contribution in [0.4, 0.5) is 4.39 Å². The van der Waals surface area contributed by atoms with Crippen molar-refractivity contribution in [2.45, 2.75) is 6.61 Å². The van der Waals surface area contributed by atoms with Crippen molar-refractivity contribution in [3.8, 4) is 0 Å². The lowest BCUT2D eigenvalue weighted by molar-refractivity contribution is 0.275. The van der Waals surface area contributed by atoms with E-state index in [-0.39, 0.29) is 12.4 Å². The van der Waals surface area contributed by atoms with E-state index in [0.717, 1.165) is 6.20 Å². The molecule has 0 aliphatic carbocycles. The molecule has 1 heterocycles. The molecule has 1 N–H and O–H groups in total. The SMILES string of the molecule is OCc1ncc(F)cc1I. The molecule has 1 rings (SSSR count). The molecule has 0 fully saturated rings. The van der Waals surface area contributed by atoms with Gasteiger partial charge in [0.05, 0.1) is 18.5 Å². The van der Waals surface area contributed by atoms with Crippen molar-refractivity contribution < 1.29 is 9.50 Å². The molecule has 0 unspecified atom stereocenters. The fourth-order valence-electron chi connectivity index (χ4n) is 0.559. The largest absolute Gasteiger partial charge is 0.390 e. The summed E-state index contributed by atoms with van der Waals surface area (Å²) in [6, 6.07) is 1.33. The van der Waals surface area contributed by atoms with Gasteiger partial charge in [-0.2, -0.15) is 0 Å². The minimum atomic E-state index is -0.374. The van der Waals surface area contributed by atoms with Crippen molar-refractivity contribution in [3.63, 3.8) is 0 Å². The van der Waals surface area contributed by atoms with Crippen molar-refractivity contribution in [3.05, 3.63) is 27.3 Å². The number of pyridine rings is 1. The van der Waals surface area contributed by atoms with Gasteiger partial charge in [-0.25, -0.2) is 4.39 Å². The van der Waals surface area contributed by atoms with Gasteiger partial charge in [0.1, 0.15) is 5.82 Å². The Kier molecular flexibility index (Phi) is 2.56. The molecule has 10 heavy (non-hydrogen) atoms. The van der Waals surface area contributed by atoms with Crippen LogP contribution in [0.15, 0.2) is 12.3 Å². The van der Waals surface area contributed by atoms with E-state index < -0.39 is 0 Å². The Morgan fingerprint density at radius 3 is 2.90 bits per heavy atom. The molecule has 0 bridgehead atoms. The molecule has 54 valence electrons. The standard InChI is InChI=1S/C6H5FINO/c7-4-1-5(8)6(3-10)9-2-4/h1-2,10H,3H2. The molecule has 0 aromatic carbocycles. The highest BCUT2D eigenvalue weighted by molar-refractivity contribution is 14.1. The fraction of sp³-hybridized carbons (Fsp3) is 0.167. The maximum absolute atomic E-state index is 12.3. The van der Waals surface area contributed by atoms with Crippen LogP contribution in [0.2, 0.25) is 0 Å². The monoisotopic (exact) mass is 253 g/mol. The Morgan fingerprint density at radius 1 is 1.70 bits per heavy atom. The minimum absolute atomic E-state index is 0.140. The number of aromatic nitrogens is 1. The third-order valence-electron chi connectivity index (χ3n) is 1.03. The van der Waals surface area contributed by atoms with Gasteiger partial charge < -0.3 is 5.11 Å². The van der Waals surface area contributed by atoms with E-state index in [0.29, 0.717) is 9.26 Å². The number of nitrogens with zero attached hydrogens (tertiary/aromatic N) is 1. The summed E-state index contributed by atoms with van der Waals surface area (Å²) in [5.74, 6) is -0.374. The normalized spacial score (nSPS) is 9.90. The lowest BCUT2D eigenvalue weighted by Crippen LogP contribution is -1.93. The van der Waals surface area contributed by atoms with Crippen LogP contribution in [0.5, 0.6) is 0 Å². The van der Waals surface area contributed by atoms with Gasteiger partial charge in [0.2, 0.25) is 0 Å². The Morgan fingerprint density at radius 2 is 2.40 bits per heavy atom. The second-order valence-electron chi connectivity index (χ2n) is 1.74. The summed E-state index contributed by atoms with van der Waals surface area (Å²) in [7, 11) is 0. The molecular formula is C6H5FINO. The molecule has 0 spiro atoms. The van der Waals surface area contributed by atoms with Gasteiger partial charge in [-0.3, -0.25) is 4.98 Å². The predicted molar refractivity (Wildman–Crippen MR) is 42.8 cm³/mol. The van der Waals surface area contributed by atoms with Crippen molar-refractivity contribution in [2.24, 2.45) is 0 Å². The number of hydrogen-bond donors (Lipinski definition) is 1. The second-order valence-corrected chi connectivity index (χ2v) is 2.90. The average Bonchev–Trinajstić information content (AvgIpc) is 1.88. The smallest absolute Gasteiger partial charge is 0.142 e. The molecule has 1 aromatic rings. The summed E-state index contributed by atoms with van der Waals surface area (Å²) in [5.41, 5.74) is 0.516. The van der Waals surface area contributed by atoms with E-state index >= 15 is 0 Å². The number of halogens is 2. The molecule has 0 saturated heterocycles. The number of hydrogen-bond acceptors (Lipinski definition) is 2. The molecule has 4 heteroatoms. The zero-order chi connectivity index (χ0) is 7.56. The zero-order valence-electron chi connectivity index (χ0n) is 5.01. The molecule has 0 atom stereocenters. The summed E-state index contributed by atoms with van der Waals surface area (Å²) in [4.78, 5) is 3.66. The topological polar surface area (TPSA) is 33.1 Å². The van der Waals surface area contributed by atoms with Gasteiger partial charge in [-0.15, -0.1) is 0 Å². The van der Waals surface area contributed by atoms with E-state index in [4.69, 9.17) is 5.11 Å². The lowest BCUT2D eigenvalue weighted by Gasteiger charge is -1.96. The van der Waals surface area contributed by atoms with Crippen molar-refractivity contribution in [2.75, 3.05) is 0 Å². The third-order valence-corrected chi connectivity index (χ3v) is 1.97. The first kappa shape index (κ1) is 7.87. The molecule has 0 aliphatic heterocycles. The average molecular weight is 253 g/mol. The first-order chi connectivity index (χ1) is 4.74. The molecule has 0 aliphatic rings. The summed E-state index contributed by atoms with van der Waals surface area (Å²) in [6.45, 7) is -0.140. The minimum Gasteiger partial charge on any atom is -0.390 e. The maximum Gasteiger partial charge on any atom is 0.142 e. The summed E-state index contributed by atoms with van der Waals surface area (Å²) in [5, 5.41) is 8.62. The van der Waals surface area contributed by atoms with Crippen molar-refractivity contribution >= 4 is 22.6 Å². The molecule has 1 aromatic heterocycles. The van der Waals surface area contributed by atoms with E-state index in [2.05, 4.69) is 4.98 Å². The van der Waals surface area contributed by atoms with E-state index in [1.165, 1.54) is 6.07 Å². The third kappa shape index (κ3) is 1.63. The molecule has 0 saturated carbocycles. The van der Waals surface area contributed by atoms with Gasteiger partial charge in [0.25, 0.3) is 0 Å². The summed E-state index contributed by atoms with van der Waals surface area (Å²) >= 11 is 1.92. The Bertz CT molecular complexity index is 241. The quantitative estimate of drug-likeness (QED) is 0.765. The first-order valence-electron chi connectivity index (χ1n) is 2.65. The van der Waals surface area contributed by atoms with Crippen molar-refractivity contribution in [1.82, 2.24) is 4.98 Å². The summed E-state index contributed by atoms with van der Waals surface area (Å²) in [6.07, 6.45) is 1.09. The van der Waals surface area contributed by atoms with E-state index in [1.807, 2.05) is 22.6 Å². The Labute approximate surface area is 71.2 Å². The van der Waals surface area contributed by atoms with Crippen molar-refractivity contribution in [1.29, 1.82) is 0 Å². The molecule has 2 nitrogen and oxygen atoms in total. The second kappa shape index (κ2) is 3.25. The Hall–Kier alpha value is -0.230. The van der Waals surface area contributed by atoms with Gasteiger partial charge in [0.15, 0.2) is 0 Å². The van der Waals surface area contributed by atoms with Crippen LogP contribution in [-0.4, -0.2) is 10.1 Å². The van der Waals surface area contributed by atoms with Crippen LogP contribution in [0.25, 0.3) is 0 Å². The van der Waals surface area contributed by atoms with E-state index in [1.54, 1.807) is 0 Å². The van der Waals surface area contributed by atoms with Gasteiger partial charge >= 0.3 is 0 Å². The van der Waals surface area contributed by atoms with Crippen LogP contribution in [-0.2, 0) is 6.61 Å². The highest BCUT2D eigenvalue weighted by Crippen LogP contribution is 2.10. The van der Waals surface area contributed by atoms with Crippen LogP contribution in [0.3, 0.4) is 0 Å². The highest BCUT2D eigenvalue weighted by Gasteiger charge is 1.99. The van der Waals surface area contributed by atoms with Crippen LogP contribution >= 0.6 is 22.6 Å². The molecule has 0 radical (unpaired) electrons. The lowest BCUT2D eigenvalue weighted by atomic mass is 10.4. The summed E-state index contributed by atoms with van der Waals surface area (Å²) < 4.78 is 13.0. The number of rotatable bonds is 1. The maximum atomic E-state index is 12.3.